The topological polar surface area (TPSA) is 134 Å². The Morgan fingerprint density at radius 1 is 1.25 bits per heavy atom. The number of primary sulfonamides is 1. The Hall–Kier alpha value is -2.34. The van der Waals surface area contributed by atoms with Gasteiger partial charge in [0, 0.05) is 23.2 Å². The van der Waals surface area contributed by atoms with Crippen molar-refractivity contribution in [3.8, 4) is 0 Å². The molecule has 0 spiro atoms. The maximum atomic E-state index is 12.2. The molecule has 0 atom stereocenters. The number of rotatable bonds is 6. The smallest absolute Gasteiger partial charge is 0.238 e. The molecule has 1 aliphatic rings. The zero-order chi connectivity index (χ0) is 20.1. The number of sulfonamides is 1. The van der Waals surface area contributed by atoms with Gasteiger partial charge < -0.3 is 10.6 Å². The summed E-state index contributed by atoms with van der Waals surface area (Å²) in [6, 6.07) is 5.80. The normalized spacial score (nSPS) is 15.9. The Balaban J connectivity index is 1.47. The minimum absolute atomic E-state index is 0.0427. The van der Waals surface area contributed by atoms with Gasteiger partial charge in [0.1, 0.15) is 0 Å². The van der Waals surface area contributed by atoms with Crippen molar-refractivity contribution in [2.24, 2.45) is 11.1 Å². The molecular weight excluding hydrogens is 402 g/mol. The quantitative estimate of drug-likeness (QED) is 0.636. The van der Waals surface area contributed by atoms with Crippen LogP contribution < -0.4 is 15.8 Å². The third-order valence-corrected chi connectivity index (χ3v) is 6.03. The van der Waals surface area contributed by atoms with E-state index in [1.54, 1.807) is 17.6 Å². The Morgan fingerprint density at radius 2 is 2.00 bits per heavy atom. The first-order valence-electron chi connectivity index (χ1n) is 8.67. The summed E-state index contributed by atoms with van der Waals surface area (Å²) in [6.45, 7) is 1.42. The van der Waals surface area contributed by atoms with Crippen LogP contribution in [0.3, 0.4) is 0 Å². The van der Waals surface area contributed by atoms with Crippen LogP contribution in [0, 0.1) is 5.92 Å². The molecule has 1 aliphatic heterocycles. The van der Waals surface area contributed by atoms with Crippen LogP contribution in [0.5, 0.6) is 0 Å². The van der Waals surface area contributed by atoms with Crippen LogP contribution in [0.4, 0.5) is 10.8 Å². The van der Waals surface area contributed by atoms with E-state index in [1.165, 1.54) is 29.5 Å². The number of benzene rings is 1. The van der Waals surface area contributed by atoms with Gasteiger partial charge in [0.05, 0.1) is 11.4 Å². The lowest BCUT2D eigenvalue weighted by atomic mass is 9.96. The number of carbonyl (C=O) groups excluding carboxylic acids is 2. The predicted molar refractivity (Wildman–Crippen MR) is 106 cm³/mol. The highest BCUT2D eigenvalue weighted by atomic mass is 32.2. The highest BCUT2D eigenvalue weighted by Crippen LogP contribution is 2.20. The Kier molecular flexibility index (Phi) is 6.39. The number of amides is 2. The highest BCUT2D eigenvalue weighted by molar-refractivity contribution is 7.89. The molecule has 1 saturated heterocycles. The van der Waals surface area contributed by atoms with E-state index in [9.17, 15) is 18.0 Å². The lowest BCUT2D eigenvalue weighted by molar-refractivity contribution is -0.121. The van der Waals surface area contributed by atoms with E-state index >= 15 is 0 Å². The van der Waals surface area contributed by atoms with Crippen molar-refractivity contribution in [1.82, 2.24) is 9.88 Å². The van der Waals surface area contributed by atoms with E-state index < -0.39 is 10.0 Å². The molecule has 1 aromatic carbocycles. The fourth-order valence-electron chi connectivity index (χ4n) is 3.00. The van der Waals surface area contributed by atoms with Gasteiger partial charge in [-0.3, -0.25) is 14.5 Å². The molecule has 28 heavy (non-hydrogen) atoms. The summed E-state index contributed by atoms with van der Waals surface area (Å²) >= 11 is 1.38. The maximum Gasteiger partial charge on any atom is 0.238 e. The molecule has 3 rings (SSSR count). The average molecular weight is 424 g/mol. The maximum absolute atomic E-state index is 12.2. The third kappa shape index (κ3) is 5.58. The van der Waals surface area contributed by atoms with Gasteiger partial charge in [-0.15, -0.1) is 11.3 Å². The lowest BCUT2D eigenvalue weighted by Crippen LogP contribution is -2.41. The molecule has 150 valence electrons. The summed E-state index contributed by atoms with van der Waals surface area (Å²) in [5.41, 5.74) is 0.370. The van der Waals surface area contributed by atoms with Crippen molar-refractivity contribution in [3.63, 3.8) is 0 Å². The van der Waals surface area contributed by atoms with Crippen LogP contribution in [0.2, 0.25) is 0 Å². The summed E-state index contributed by atoms with van der Waals surface area (Å²) < 4.78 is 22.8. The summed E-state index contributed by atoms with van der Waals surface area (Å²) in [6.07, 6.45) is 2.96. The highest BCUT2D eigenvalue weighted by Gasteiger charge is 2.26. The van der Waals surface area contributed by atoms with Crippen molar-refractivity contribution in [1.29, 1.82) is 0 Å². The van der Waals surface area contributed by atoms with E-state index in [2.05, 4.69) is 15.6 Å². The molecule has 0 bridgehead atoms. The second kappa shape index (κ2) is 8.78. The first kappa shape index (κ1) is 20.4. The van der Waals surface area contributed by atoms with Gasteiger partial charge >= 0.3 is 0 Å². The van der Waals surface area contributed by atoms with Gasteiger partial charge in [0.25, 0.3) is 0 Å². The average Bonchev–Trinajstić information content (AvgIpc) is 3.14. The Morgan fingerprint density at radius 3 is 2.64 bits per heavy atom. The number of likely N-dealkylation sites (tertiary alicyclic amines) is 1. The van der Waals surface area contributed by atoms with Gasteiger partial charge in [0.15, 0.2) is 5.13 Å². The minimum atomic E-state index is -3.82. The molecule has 0 unspecified atom stereocenters. The number of piperidine rings is 1. The van der Waals surface area contributed by atoms with Crippen LogP contribution in [-0.4, -0.2) is 49.8 Å². The number of aromatic nitrogens is 1. The van der Waals surface area contributed by atoms with Crippen molar-refractivity contribution in [2.75, 3.05) is 30.3 Å². The number of hydrogen-bond acceptors (Lipinski definition) is 7. The summed E-state index contributed by atoms with van der Waals surface area (Å²) in [5, 5.41) is 13.0. The van der Waals surface area contributed by atoms with E-state index in [4.69, 9.17) is 5.14 Å². The number of carbonyl (C=O) groups is 2. The van der Waals surface area contributed by atoms with E-state index in [-0.39, 0.29) is 29.2 Å². The molecule has 1 fully saturated rings. The van der Waals surface area contributed by atoms with Crippen molar-refractivity contribution in [2.45, 2.75) is 17.7 Å². The summed E-state index contributed by atoms with van der Waals surface area (Å²) in [4.78, 5) is 30.4. The molecule has 2 amide bonds. The Bertz CT molecular complexity index is 938. The number of anilines is 2. The molecule has 2 heterocycles. The van der Waals surface area contributed by atoms with Gasteiger partial charge in [-0.05, 0) is 44.1 Å². The number of nitrogens with zero attached hydrogens (tertiary/aromatic N) is 2. The van der Waals surface area contributed by atoms with Gasteiger partial charge in [-0.2, -0.15) is 0 Å². The SMILES string of the molecule is NS(=O)(=O)c1cccc(NC(=O)CN2CCC(C(=O)Nc3nccs3)CC2)c1. The number of hydrogen-bond donors (Lipinski definition) is 3. The molecule has 4 N–H and O–H groups in total. The predicted octanol–water partition coefficient (Wildman–Crippen LogP) is 1.08. The molecule has 0 saturated carbocycles. The standard InChI is InChI=1S/C17H21N5O4S2/c18-28(25,26)14-3-1-2-13(10-14)20-15(23)11-22-7-4-12(5-8-22)16(24)21-17-19-6-9-27-17/h1-3,6,9-10,12H,4-5,7-8,11H2,(H,20,23)(H2,18,25,26)(H,19,21,24). The first-order chi connectivity index (χ1) is 13.3. The van der Waals surface area contributed by atoms with Crippen LogP contribution >= 0.6 is 11.3 Å². The number of nitrogens with one attached hydrogen (secondary N) is 2. The monoisotopic (exact) mass is 423 g/mol. The van der Waals surface area contributed by atoms with Gasteiger partial charge in [-0.25, -0.2) is 18.5 Å². The fraction of sp³-hybridized carbons (Fsp3) is 0.353. The largest absolute Gasteiger partial charge is 0.325 e. The number of thiazole rings is 1. The molecule has 11 heteroatoms. The second-order valence-electron chi connectivity index (χ2n) is 6.50. The second-order valence-corrected chi connectivity index (χ2v) is 8.95. The third-order valence-electron chi connectivity index (χ3n) is 4.43. The van der Waals surface area contributed by atoms with Crippen molar-refractivity contribution in [3.05, 3.63) is 35.8 Å². The van der Waals surface area contributed by atoms with Crippen LogP contribution in [-0.2, 0) is 19.6 Å². The fourth-order valence-corrected chi connectivity index (χ4v) is 4.09. The van der Waals surface area contributed by atoms with Crippen LogP contribution in [0.25, 0.3) is 0 Å². The van der Waals surface area contributed by atoms with Crippen LogP contribution in [0.15, 0.2) is 40.7 Å². The molecular formula is C17H21N5O4S2. The molecule has 2 aromatic rings. The lowest BCUT2D eigenvalue weighted by Gasteiger charge is -2.30. The minimum Gasteiger partial charge on any atom is -0.325 e. The molecule has 0 radical (unpaired) electrons. The molecule has 0 aliphatic carbocycles. The molecule has 1 aromatic heterocycles. The van der Waals surface area contributed by atoms with E-state index in [0.29, 0.717) is 36.8 Å². The van der Waals surface area contributed by atoms with Crippen molar-refractivity contribution >= 4 is 44.0 Å². The van der Waals surface area contributed by atoms with Gasteiger partial charge in [-0.1, -0.05) is 6.07 Å². The first-order valence-corrected chi connectivity index (χ1v) is 11.1. The van der Waals surface area contributed by atoms with Crippen molar-refractivity contribution < 1.29 is 18.0 Å². The summed E-state index contributed by atoms with van der Waals surface area (Å²) in [7, 11) is -3.82. The van der Waals surface area contributed by atoms with E-state index in [0.717, 1.165) is 0 Å². The zero-order valence-corrected chi connectivity index (χ0v) is 16.6. The van der Waals surface area contributed by atoms with Crippen LogP contribution in [0.1, 0.15) is 12.8 Å². The summed E-state index contributed by atoms with van der Waals surface area (Å²) in [5.74, 6) is -0.397. The number of nitrogens with two attached hydrogens (primary N) is 1. The molecule has 9 nitrogen and oxygen atoms in total. The van der Waals surface area contributed by atoms with E-state index in [1.807, 2.05) is 4.90 Å². The van der Waals surface area contributed by atoms with Gasteiger partial charge in [0.2, 0.25) is 21.8 Å². The zero-order valence-electron chi connectivity index (χ0n) is 15.0. The Labute approximate surface area is 167 Å².